The van der Waals surface area contributed by atoms with Gasteiger partial charge in [0.15, 0.2) is 0 Å². The normalized spacial score (nSPS) is 12.0. The molecule has 1 atom stereocenters. The summed E-state index contributed by atoms with van der Waals surface area (Å²) >= 11 is 0. The van der Waals surface area contributed by atoms with E-state index < -0.39 is 0 Å². The third-order valence-corrected chi connectivity index (χ3v) is 2.22. The molecule has 0 aliphatic rings. The third-order valence-electron chi connectivity index (χ3n) is 2.22. The summed E-state index contributed by atoms with van der Waals surface area (Å²) in [6.45, 7) is 2.00. The van der Waals surface area contributed by atoms with Gasteiger partial charge in [0.1, 0.15) is 5.82 Å². The van der Waals surface area contributed by atoms with Crippen LogP contribution < -0.4 is 5.73 Å². The molecule has 2 nitrogen and oxygen atoms in total. The average molecular weight is 234 g/mol. The van der Waals surface area contributed by atoms with Crippen LogP contribution in [0.15, 0.2) is 18.2 Å². The largest absolute Gasteiger partial charge is 0.396 e. The SMILES string of the molecule is Cc1ccc(F)c([C@H](N)CCCO)c1.Cl. The predicted octanol–water partition coefficient (Wildman–Crippen LogP) is 2.33. The molecular weight excluding hydrogens is 217 g/mol. The molecule has 0 saturated heterocycles. The van der Waals surface area contributed by atoms with Gasteiger partial charge in [0, 0.05) is 18.2 Å². The van der Waals surface area contributed by atoms with Crippen molar-refractivity contribution in [3.8, 4) is 0 Å². The summed E-state index contributed by atoms with van der Waals surface area (Å²) in [6.07, 6.45) is 1.21. The fraction of sp³-hybridized carbons (Fsp3) is 0.455. The van der Waals surface area contributed by atoms with E-state index in [4.69, 9.17) is 10.8 Å². The number of hydrogen-bond donors (Lipinski definition) is 2. The Morgan fingerprint density at radius 1 is 1.47 bits per heavy atom. The molecule has 1 aromatic rings. The fourth-order valence-electron chi connectivity index (χ4n) is 1.41. The highest BCUT2D eigenvalue weighted by atomic mass is 35.5. The van der Waals surface area contributed by atoms with Gasteiger partial charge in [-0.15, -0.1) is 12.4 Å². The highest BCUT2D eigenvalue weighted by Crippen LogP contribution is 2.20. The van der Waals surface area contributed by atoms with Gasteiger partial charge < -0.3 is 10.8 Å². The van der Waals surface area contributed by atoms with Gasteiger partial charge in [0.05, 0.1) is 0 Å². The Kier molecular flexibility index (Phi) is 6.48. The molecular formula is C11H17ClFNO. The summed E-state index contributed by atoms with van der Waals surface area (Å²) in [4.78, 5) is 0. The zero-order valence-electron chi connectivity index (χ0n) is 8.74. The Hall–Kier alpha value is -0.640. The monoisotopic (exact) mass is 233 g/mol. The van der Waals surface area contributed by atoms with Gasteiger partial charge in [0.2, 0.25) is 0 Å². The van der Waals surface area contributed by atoms with Gasteiger partial charge in [0.25, 0.3) is 0 Å². The van der Waals surface area contributed by atoms with Crippen molar-refractivity contribution in [2.75, 3.05) is 6.61 Å². The smallest absolute Gasteiger partial charge is 0.127 e. The first-order valence-electron chi connectivity index (χ1n) is 4.77. The molecule has 0 unspecified atom stereocenters. The van der Waals surface area contributed by atoms with E-state index in [1.54, 1.807) is 12.1 Å². The maximum atomic E-state index is 13.3. The van der Waals surface area contributed by atoms with E-state index in [-0.39, 0.29) is 30.9 Å². The highest BCUT2D eigenvalue weighted by Gasteiger charge is 2.10. The quantitative estimate of drug-likeness (QED) is 0.839. The highest BCUT2D eigenvalue weighted by molar-refractivity contribution is 5.85. The molecule has 0 bridgehead atoms. The summed E-state index contributed by atoms with van der Waals surface area (Å²) in [6, 6.07) is 4.60. The van der Waals surface area contributed by atoms with Crippen molar-refractivity contribution in [1.82, 2.24) is 0 Å². The Morgan fingerprint density at radius 2 is 2.13 bits per heavy atom. The van der Waals surface area contributed by atoms with Crippen LogP contribution >= 0.6 is 12.4 Å². The van der Waals surface area contributed by atoms with E-state index in [1.807, 2.05) is 6.92 Å². The zero-order valence-corrected chi connectivity index (χ0v) is 9.56. The van der Waals surface area contributed by atoms with Crippen molar-refractivity contribution in [2.45, 2.75) is 25.8 Å². The number of hydrogen-bond acceptors (Lipinski definition) is 2. The number of aryl methyl sites for hydroxylation is 1. The Labute approximate surface area is 95.7 Å². The molecule has 3 N–H and O–H groups in total. The minimum Gasteiger partial charge on any atom is -0.396 e. The molecule has 0 spiro atoms. The number of halogens is 2. The first-order valence-corrected chi connectivity index (χ1v) is 4.77. The molecule has 4 heteroatoms. The summed E-state index contributed by atoms with van der Waals surface area (Å²) in [7, 11) is 0. The molecule has 0 radical (unpaired) electrons. The minimum absolute atomic E-state index is 0. The van der Waals surface area contributed by atoms with E-state index in [2.05, 4.69) is 0 Å². The van der Waals surface area contributed by atoms with Crippen molar-refractivity contribution in [3.05, 3.63) is 35.1 Å². The molecule has 0 heterocycles. The average Bonchev–Trinajstić information content (AvgIpc) is 2.18. The Bertz CT molecular complexity index is 307. The van der Waals surface area contributed by atoms with Gasteiger partial charge in [-0.25, -0.2) is 4.39 Å². The lowest BCUT2D eigenvalue weighted by atomic mass is 10.0. The molecule has 86 valence electrons. The topological polar surface area (TPSA) is 46.2 Å². The van der Waals surface area contributed by atoms with Gasteiger partial charge in [-0.1, -0.05) is 17.7 Å². The standard InChI is InChI=1S/C11H16FNO.ClH/c1-8-4-5-10(12)9(7-8)11(13)3-2-6-14;/h4-5,7,11,14H,2-3,6,13H2,1H3;1H/t11-;/m1./s1. The van der Waals surface area contributed by atoms with Crippen LogP contribution in [0.1, 0.15) is 30.0 Å². The number of aliphatic hydroxyl groups is 1. The van der Waals surface area contributed by atoms with E-state index in [0.29, 0.717) is 18.4 Å². The number of rotatable bonds is 4. The van der Waals surface area contributed by atoms with Crippen molar-refractivity contribution < 1.29 is 9.50 Å². The zero-order chi connectivity index (χ0) is 10.6. The molecule has 0 fully saturated rings. The van der Waals surface area contributed by atoms with Crippen LogP contribution in [-0.4, -0.2) is 11.7 Å². The molecule has 0 saturated carbocycles. The fourth-order valence-corrected chi connectivity index (χ4v) is 1.41. The minimum atomic E-state index is -0.318. The van der Waals surface area contributed by atoms with Crippen LogP contribution in [0.3, 0.4) is 0 Å². The molecule has 0 aliphatic carbocycles. The van der Waals surface area contributed by atoms with E-state index in [0.717, 1.165) is 5.56 Å². The number of nitrogens with two attached hydrogens (primary N) is 1. The second kappa shape index (κ2) is 6.77. The molecule has 1 rings (SSSR count). The van der Waals surface area contributed by atoms with Crippen LogP contribution in [0.5, 0.6) is 0 Å². The van der Waals surface area contributed by atoms with Gasteiger partial charge in [-0.3, -0.25) is 0 Å². The Morgan fingerprint density at radius 3 is 2.73 bits per heavy atom. The molecule has 0 aliphatic heterocycles. The lowest BCUT2D eigenvalue weighted by molar-refractivity contribution is 0.279. The second-order valence-electron chi connectivity index (χ2n) is 3.50. The van der Waals surface area contributed by atoms with Gasteiger partial charge in [-0.2, -0.15) is 0 Å². The molecule has 1 aromatic carbocycles. The first-order chi connectivity index (χ1) is 6.65. The van der Waals surface area contributed by atoms with Crippen molar-refractivity contribution in [3.63, 3.8) is 0 Å². The Balaban J connectivity index is 0.00000196. The molecule has 15 heavy (non-hydrogen) atoms. The van der Waals surface area contributed by atoms with Gasteiger partial charge >= 0.3 is 0 Å². The second-order valence-corrected chi connectivity index (χ2v) is 3.50. The first kappa shape index (κ1) is 14.4. The van der Waals surface area contributed by atoms with Crippen LogP contribution in [-0.2, 0) is 0 Å². The van der Waals surface area contributed by atoms with E-state index in [9.17, 15) is 4.39 Å². The van der Waals surface area contributed by atoms with E-state index in [1.165, 1.54) is 6.07 Å². The number of benzene rings is 1. The number of aliphatic hydroxyl groups excluding tert-OH is 1. The maximum absolute atomic E-state index is 13.3. The van der Waals surface area contributed by atoms with Crippen LogP contribution in [0.4, 0.5) is 4.39 Å². The van der Waals surface area contributed by atoms with Crippen LogP contribution in [0.25, 0.3) is 0 Å². The van der Waals surface area contributed by atoms with Crippen molar-refractivity contribution >= 4 is 12.4 Å². The summed E-state index contributed by atoms with van der Waals surface area (Å²) in [5.41, 5.74) is 7.34. The van der Waals surface area contributed by atoms with E-state index >= 15 is 0 Å². The molecule has 0 amide bonds. The van der Waals surface area contributed by atoms with Gasteiger partial charge in [-0.05, 0) is 25.8 Å². The molecule has 0 aromatic heterocycles. The van der Waals surface area contributed by atoms with Crippen LogP contribution in [0, 0.1) is 12.7 Å². The third kappa shape index (κ3) is 4.16. The lowest BCUT2D eigenvalue weighted by Crippen LogP contribution is -2.12. The summed E-state index contributed by atoms with van der Waals surface area (Å²) < 4.78 is 13.3. The summed E-state index contributed by atoms with van der Waals surface area (Å²) in [5.74, 6) is -0.263. The maximum Gasteiger partial charge on any atom is 0.127 e. The van der Waals surface area contributed by atoms with Crippen molar-refractivity contribution in [1.29, 1.82) is 0 Å². The van der Waals surface area contributed by atoms with Crippen molar-refractivity contribution in [2.24, 2.45) is 5.73 Å². The summed E-state index contributed by atoms with van der Waals surface area (Å²) in [5, 5.41) is 8.64. The lowest BCUT2D eigenvalue weighted by Gasteiger charge is -2.12. The predicted molar refractivity (Wildman–Crippen MR) is 61.6 cm³/mol. The van der Waals surface area contributed by atoms with Crippen LogP contribution in [0.2, 0.25) is 0 Å².